The normalized spacial score (nSPS) is 16.2. The van der Waals surface area contributed by atoms with Gasteiger partial charge in [0, 0.05) is 56.8 Å². The number of aryl methyl sites for hydroxylation is 1. The standard InChI is InChI=1S/C17H24N4O/c1-19-8-10-21(11-9-19)16-5-3-15(4-6-16)17-13-20(14-18-17)7-2-12-22/h3-6,13-14,22H,2,7-12H2,1H3. The van der Waals surface area contributed by atoms with E-state index in [1.165, 1.54) is 5.69 Å². The molecule has 1 aliphatic heterocycles. The van der Waals surface area contributed by atoms with E-state index in [0.717, 1.165) is 50.4 Å². The smallest absolute Gasteiger partial charge is 0.0953 e. The van der Waals surface area contributed by atoms with E-state index in [-0.39, 0.29) is 6.61 Å². The van der Waals surface area contributed by atoms with E-state index in [2.05, 4.69) is 46.1 Å². The highest BCUT2D eigenvalue weighted by molar-refractivity contribution is 5.62. The fraction of sp³-hybridized carbons (Fsp3) is 0.471. The van der Waals surface area contributed by atoms with Crippen molar-refractivity contribution in [3.8, 4) is 11.3 Å². The number of imidazole rings is 1. The lowest BCUT2D eigenvalue weighted by atomic mass is 10.1. The fourth-order valence-electron chi connectivity index (χ4n) is 2.79. The lowest BCUT2D eigenvalue weighted by Crippen LogP contribution is -2.44. The maximum Gasteiger partial charge on any atom is 0.0953 e. The summed E-state index contributed by atoms with van der Waals surface area (Å²) in [6.07, 6.45) is 4.64. The first-order valence-corrected chi connectivity index (χ1v) is 7.93. The van der Waals surface area contributed by atoms with Gasteiger partial charge < -0.3 is 19.5 Å². The third-order valence-corrected chi connectivity index (χ3v) is 4.24. The van der Waals surface area contributed by atoms with E-state index in [0.29, 0.717) is 0 Å². The molecule has 1 aromatic carbocycles. The van der Waals surface area contributed by atoms with Gasteiger partial charge in [-0.3, -0.25) is 0 Å². The van der Waals surface area contributed by atoms with Crippen molar-refractivity contribution in [3.05, 3.63) is 36.8 Å². The number of rotatable bonds is 5. The maximum atomic E-state index is 8.88. The molecule has 1 fully saturated rings. The summed E-state index contributed by atoms with van der Waals surface area (Å²) in [7, 11) is 2.17. The van der Waals surface area contributed by atoms with Crippen LogP contribution in [0, 0.1) is 0 Å². The van der Waals surface area contributed by atoms with Crippen molar-refractivity contribution in [2.75, 3.05) is 44.7 Å². The van der Waals surface area contributed by atoms with Gasteiger partial charge in [-0.15, -0.1) is 0 Å². The number of hydrogen-bond acceptors (Lipinski definition) is 4. The highest BCUT2D eigenvalue weighted by atomic mass is 16.3. The Morgan fingerprint density at radius 1 is 1.09 bits per heavy atom. The molecule has 22 heavy (non-hydrogen) atoms. The van der Waals surface area contributed by atoms with Crippen molar-refractivity contribution >= 4 is 5.69 Å². The van der Waals surface area contributed by atoms with Crippen LogP contribution in [0.1, 0.15) is 6.42 Å². The van der Waals surface area contributed by atoms with Crippen LogP contribution in [-0.2, 0) is 6.54 Å². The molecule has 0 radical (unpaired) electrons. The molecule has 5 nitrogen and oxygen atoms in total. The largest absolute Gasteiger partial charge is 0.396 e. The van der Waals surface area contributed by atoms with Crippen LogP contribution < -0.4 is 4.90 Å². The molecule has 2 heterocycles. The summed E-state index contributed by atoms with van der Waals surface area (Å²) < 4.78 is 2.03. The number of piperazine rings is 1. The topological polar surface area (TPSA) is 44.5 Å². The predicted octanol–water partition coefficient (Wildman–Crippen LogP) is 1.68. The van der Waals surface area contributed by atoms with Gasteiger partial charge in [-0.1, -0.05) is 12.1 Å². The van der Waals surface area contributed by atoms with Gasteiger partial charge in [-0.2, -0.15) is 0 Å². The summed E-state index contributed by atoms with van der Waals surface area (Å²) in [5, 5.41) is 8.88. The molecule has 0 atom stereocenters. The number of hydrogen-bond donors (Lipinski definition) is 1. The highest BCUT2D eigenvalue weighted by Gasteiger charge is 2.14. The first-order chi connectivity index (χ1) is 10.8. The molecule has 1 N–H and O–H groups in total. The average Bonchev–Trinajstić information content (AvgIpc) is 3.03. The van der Waals surface area contributed by atoms with E-state index < -0.39 is 0 Å². The van der Waals surface area contributed by atoms with Gasteiger partial charge in [-0.25, -0.2) is 4.98 Å². The Kier molecular flexibility index (Phi) is 4.75. The minimum atomic E-state index is 0.216. The Balaban J connectivity index is 1.67. The summed E-state index contributed by atoms with van der Waals surface area (Å²) in [5.74, 6) is 0. The summed E-state index contributed by atoms with van der Waals surface area (Å²) in [4.78, 5) is 9.25. The first-order valence-electron chi connectivity index (χ1n) is 7.93. The Hall–Kier alpha value is -1.85. The average molecular weight is 300 g/mol. The number of nitrogens with zero attached hydrogens (tertiary/aromatic N) is 4. The van der Waals surface area contributed by atoms with Crippen molar-refractivity contribution in [2.45, 2.75) is 13.0 Å². The molecule has 0 amide bonds. The Morgan fingerprint density at radius 2 is 1.82 bits per heavy atom. The molecular weight excluding hydrogens is 276 g/mol. The molecule has 0 bridgehead atoms. The summed E-state index contributed by atoms with van der Waals surface area (Å²) in [5.41, 5.74) is 3.42. The third kappa shape index (κ3) is 3.48. The first kappa shape index (κ1) is 15.1. The number of benzene rings is 1. The Bertz CT molecular complexity index is 585. The van der Waals surface area contributed by atoms with Crippen LogP contribution in [0.5, 0.6) is 0 Å². The molecular formula is C17H24N4O. The van der Waals surface area contributed by atoms with E-state index in [4.69, 9.17) is 5.11 Å². The minimum absolute atomic E-state index is 0.216. The second-order valence-electron chi connectivity index (χ2n) is 5.91. The van der Waals surface area contributed by atoms with E-state index >= 15 is 0 Å². The van der Waals surface area contributed by atoms with Crippen molar-refractivity contribution in [2.24, 2.45) is 0 Å². The lowest BCUT2D eigenvalue weighted by Gasteiger charge is -2.34. The Labute approximate surface area is 131 Å². The van der Waals surface area contributed by atoms with Crippen LogP contribution >= 0.6 is 0 Å². The molecule has 0 unspecified atom stereocenters. The van der Waals surface area contributed by atoms with Crippen molar-refractivity contribution in [1.82, 2.24) is 14.5 Å². The van der Waals surface area contributed by atoms with Gasteiger partial charge in [0.1, 0.15) is 0 Å². The zero-order valence-electron chi connectivity index (χ0n) is 13.1. The van der Waals surface area contributed by atoms with Crippen molar-refractivity contribution in [1.29, 1.82) is 0 Å². The van der Waals surface area contributed by atoms with E-state index in [1.807, 2.05) is 17.1 Å². The molecule has 1 aromatic heterocycles. The molecule has 3 rings (SSSR count). The molecule has 0 saturated carbocycles. The minimum Gasteiger partial charge on any atom is -0.396 e. The van der Waals surface area contributed by atoms with Crippen molar-refractivity contribution < 1.29 is 5.11 Å². The molecule has 0 aliphatic carbocycles. The second kappa shape index (κ2) is 6.94. The van der Waals surface area contributed by atoms with Crippen LogP contribution in [0.4, 0.5) is 5.69 Å². The summed E-state index contributed by atoms with van der Waals surface area (Å²) in [6.45, 7) is 5.45. The number of aliphatic hydroxyl groups excluding tert-OH is 1. The predicted molar refractivity (Wildman–Crippen MR) is 89.1 cm³/mol. The van der Waals surface area contributed by atoms with Crippen LogP contribution in [0.3, 0.4) is 0 Å². The van der Waals surface area contributed by atoms with Crippen LogP contribution in [-0.4, -0.2) is 59.4 Å². The van der Waals surface area contributed by atoms with Crippen LogP contribution in [0.25, 0.3) is 11.3 Å². The van der Waals surface area contributed by atoms with Gasteiger partial charge >= 0.3 is 0 Å². The van der Waals surface area contributed by atoms with E-state index in [1.54, 1.807) is 0 Å². The third-order valence-electron chi connectivity index (χ3n) is 4.24. The second-order valence-corrected chi connectivity index (χ2v) is 5.91. The van der Waals surface area contributed by atoms with E-state index in [9.17, 15) is 0 Å². The van der Waals surface area contributed by atoms with Gasteiger partial charge in [0.15, 0.2) is 0 Å². The molecule has 2 aromatic rings. The number of aliphatic hydroxyl groups is 1. The van der Waals surface area contributed by atoms with Gasteiger partial charge in [0.05, 0.1) is 12.0 Å². The van der Waals surface area contributed by atoms with Gasteiger partial charge in [0.25, 0.3) is 0 Å². The van der Waals surface area contributed by atoms with Crippen molar-refractivity contribution in [3.63, 3.8) is 0 Å². The quantitative estimate of drug-likeness (QED) is 0.912. The van der Waals surface area contributed by atoms with Crippen LogP contribution in [0.2, 0.25) is 0 Å². The molecule has 1 saturated heterocycles. The zero-order chi connectivity index (χ0) is 15.4. The molecule has 5 heteroatoms. The lowest BCUT2D eigenvalue weighted by molar-refractivity contribution is 0.280. The SMILES string of the molecule is CN1CCN(c2ccc(-c3cn(CCCO)cn3)cc2)CC1. The monoisotopic (exact) mass is 300 g/mol. The zero-order valence-corrected chi connectivity index (χ0v) is 13.1. The molecule has 1 aliphatic rings. The number of anilines is 1. The number of aromatic nitrogens is 2. The fourth-order valence-corrected chi connectivity index (χ4v) is 2.79. The van der Waals surface area contributed by atoms with Crippen LogP contribution in [0.15, 0.2) is 36.8 Å². The van der Waals surface area contributed by atoms with Gasteiger partial charge in [0.2, 0.25) is 0 Å². The highest BCUT2D eigenvalue weighted by Crippen LogP contribution is 2.22. The molecule has 0 spiro atoms. The number of likely N-dealkylation sites (N-methyl/N-ethyl adjacent to an activating group) is 1. The summed E-state index contributed by atoms with van der Waals surface area (Å²) >= 11 is 0. The summed E-state index contributed by atoms with van der Waals surface area (Å²) in [6, 6.07) is 8.67. The Morgan fingerprint density at radius 3 is 2.50 bits per heavy atom. The van der Waals surface area contributed by atoms with Gasteiger partial charge in [-0.05, 0) is 25.6 Å². The maximum absolute atomic E-state index is 8.88. The molecule has 118 valence electrons.